The highest BCUT2D eigenvalue weighted by atomic mass is 16.5. The van der Waals surface area contributed by atoms with Crippen molar-refractivity contribution in [1.29, 1.82) is 0 Å². The zero-order chi connectivity index (χ0) is 16.7. The summed E-state index contributed by atoms with van der Waals surface area (Å²) in [6, 6.07) is 5.10. The van der Waals surface area contributed by atoms with Crippen LogP contribution in [0.25, 0.3) is 0 Å². The van der Waals surface area contributed by atoms with Gasteiger partial charge in [-0.3, -0.25) is 4.79 Å². The first-order chi connectivity index (χ1) is 10.3. The highest BCUT2D eigenvalue weighted by molar-refractivity contribution is 5.73. The molecule has 0 radical (unpaired) electrons. The van der Waals surface area contributed by atoms with E-state index in [4.69, 9.17) is 9.47 Å². The van der Waals surface area contributed by atoms with Crippen LogP contribution in [0.15, 0.2) is 18.2 Å². The average Bonchev–Trinajstić information content (AvgIpc) is 2.43. The standard InChI is InChI=1S/C17H27NO4/c1-11(2)8-14(17(19)20)18-10-13-6-7-15(22-12(3)4)16(9-13)21-5/h6-7,9,11-12,14,18H,8,10H2,1-5H3,(H,19,20)/t14-/m0/s1. The number of carbonyl (C=O) groups is 1. The van der Waals surface area contributed by atoms with Crippen LogP contribution < -0.4 is 14.8 Å². The Bertz CT molecular complexity index is 486. The van der Waals surface area contributed by atoms with E-state index in [1.807, 2.05) is 45.9 Å². The average molecular weight is 309 g/mol. The van der Waals surface area contributed by atoms with Gasteiger partial charge in [0.25, 0.3) is 0 Å². The van der Waals surface area contributed by atoms with Gasteiger partial charge in [0, 0.05) is 6.54 Å². The van der Waals surface area contributed by atoms with Gasteiger partial charge in [0.1, 0.15) is 6.04 Å². The van der Waals surface area contributed by atoms with Crippen molar-refractivity contribution in [2.75, 3.05) is 7.11 Å². The number of aliphatic carboxylic acids is 1. The molecule has 0 aliphatic carbocycles. The Hall–Kier alpha value is -1.75. The molecule has 0 unspecified atom stereocenters. The van der Waals surface area contributed by atoms with E-state index in [0.29, 0.717) is 30.4 Å². The van der Waals surface area contributed by atoms with E-state index in [1.54, 1.807) is 7.11 Å². The fraction of sp³-hybridized carbons (Fsp3) is 0.588. The van der Waals surface area contributed by atoms with Gasteiger partial charge in [-0.15, -0.1) is 0 Å². The van der Waals surface area contributed by atoms with Gasteiger partial charge in [-0.2, -0.15) is 0 Å². The molecule has 0 aromatic heterocycles. The molecule has 124 valence electrons. The molecule has 1 atom stereocenters. The summed E-state index contributed by atoms with van der Waals surface area (Å²) in [4.78, 5) is 11.2. The lowest BCUT2D eigenvalue weighted by molar-refractivity contribution is -0.140. The SMILES string of the molecule is COc1cc(CN[C@@H](CC(C)C)C(=O)O)ccc1OC(C)C. The lowest BCUT2D eigenvalue weighted by Crippen LogP contribution is -2.37. The first-order valence-electron chi connectivity index (χ1n) is 7.63. The number of methoxy groups -OCH3 is 1. The van der Waals surface area contributed by atoms with Crippen molar-refractivity contribution in [1.82, 2.24) is 5.32 Å². The third-order valence-electron chi connectivity index (χ3n) is 3.15. The molecule has 0 aliphatic heterocycles. The van der Waals surface area contributed by atoms with E-state index in [9.17, 15) is 9.90 Å². The van der Waals surface area contributed by atoms with Crippen LogP contribution in [0.5, 0.6) is 11.5 Å². The van der Waals surface area contributed by atoms with Crippen LogP contribution in [-0.2, 0) is 11.3 Å². The predicted octanol–water partition coefficient (Wildman–Crippen LogP) is 3.07. The molecule has 0 saturated carbocycles. The zero-order valence-electron chi connectivity index (χ0n) is 14.1. The maximum Gasteiger partial charge on any atom is 0.320 e. The monoisotopic (exact) mass is 309 g/mol. The van der Waals surface area contributed by atoms with Crippen molar-refractivity contribution in [2.45, 2.75) is 52.8 Å². The molecule has 0 heterocycles. The smallest absolute Gasteiger partial charge is 0.320 e. The maximum atomic E-state index is 11.2. The Balaban J connectivity index is 2.74. The number of hydrogen-bond acceptors (Lipinski definition) is 4. The molecular formula is C17H27NO4. The van der Waals surface area contributed by atoms with Crippen LogP contribution >= 0.6 is 0 Å². The first-order valence-corrected chi connectivity index (χ1v) is 7.63. The van der Waals surface area contributed by atoms with Crippen LogP contribution in [0.1, 0.15) is 39.7 Å². The quantitative estimate of drug-likeness (QED) is 0.734. The highest BCUT2D eigenvalue weighted by Gasteiger charge is 2.18. The highest BCUT2D eigenvalue weighted by Crippen LogP contribution is 2.29. The first kappa shape index (κ1) is 18.3. The molecule has 0 aliphatic rings. The van der Waals surface area contributed by atoms with Gasteiger partial charge >= 0.3 is 5.97 Å². The summed E-state index contributed by atoms with van der Waals surface area (Å²) in [7, 11) is 1.60. The summed E-state index contributed by atoms with van der Waals surface area (Å²) in [5.74, 6) is 0.854. The van der Waals surface area contributed by atoms with Crippen molar-refractivity contribution in [3.63, 3.8) is 0 Å². The fourth-order valence-electron chi connectivity index (χ4n) is 2.16. The van der Waals surface area contributed by atoms with E-state index >= 15 is 0 Å². The lowest BCUT2D eigenvalue weighted by Gasteiger charge is -2.18. The zero-order valence-corrected chi connectivity index (χ0v) is 14.1. The molecule has 0 amide bonds. The van der Waals surface area contributed by atoms with Crippen molar-refractivity contribution >= 4 is 5.97 Å². The lowest BCUT2D eigenvalue weighted by atomic mass is 10.0. The van der Waals surface area contributed by atoms with Crippen LogP contribution in [-0.4, -0.2) is 30.3 Å². The third kappa shape index (κ3) is 5.93. The minimum Gasteiger partial charge on any atom is -0.493 e. The van der Waals surface area contributed by atoms with E-state index in [-0.39, 0.29) is 6.10 Å². The molecule has 0 saturated heterocycles. The number of ether oxygens (including phenoxy) is 2. The minimum atomic E-state index is -0.819. The Morgan fingerprint density at radius 3 is 2.41 bits per heavy atom. The van der Waals surface area contributed by atoms with Crippen LogP contribution in [0.3, 0.4) is 0 Å². The summed E-state index contributed by atoms with van der Waals surface area (Å²) in [6.07, 6.45) is 0.668. The number of rotatable bonds is 9. The number of carboxylic acid groups (broad SMARTS) is 1. The number of nitrogens with one attached hydrogen (secondary N) is 1. The second-order valence-electron chi connectivity index (χ2n) is 6.05. The second kappa shape index (κ2) is 8.63. The Morgan fingerprint density at radius 2 is 1.91 bits per heavy atom. The molecule has 0 fully saturated rings. The van der Waals surface area contributed by atoms with Gasteiger partial charge in [0.15, 0.2) is 11.5 Å². The number of hydrogen-bond donors (Lipinski definition) is 2. The molecule has 1 aromatic rings. The van der Waals surface area contributed by atoms with Crippen molar-refractivity contribution in [3.05, 3.63) is 23.8 Å². The molecule has 2 N–H and O–H groups in total. The predicted molar refractivity (Wildman–Crippen MR) is 86.5 cm³/mol. The number of carboxylic acids is 1. The van der Waals surface area contributed by atoms with E-state index in [2.05, 4.69) is 5.32 Å². The Kier molecular flexibility index (Phi) is 7.18. The van der Waals surface area contributed by atoms with Gasteiger partial charge in [-0.1, -0.05) is 19.9 Å². The Labute approximate surface area is 132 Å². The van der Waals surface area contributed by atoms with Gasteiger partial charge in [0.05, 0.1) is 13.2 Å². The molecule has 1 rings (SSSR count). The summed E-state index contributed by atoms with van der Waals surface area (Å²) in [5, 5.41) is 12.3. The second-order valence-corrected chi connectivity index (χ2v) is 6.05. The van der Waals surface area contributed by atoms with Crippen molar-refractivity contribution in [2.24, 2.45) is 5.92 Å². The molecule has 5 nitrogen and oxygen atoms in total. The van der Waals surface area contributed by atoms with Gasteiger partial charge in [0.2, 0.25) is 0 Å². The minimum absolute atomic E-state index is 0.0697. The van der Waals surface area contributed by atoms with E-state index in [1.165, 1.54) is 0 Å². The molecule has 22 heavy (non-hydrogen) atoms. The Morgan fingerprint density at radius 1 is 1.23 bits per heavy atom. The number of benzene rings is 1. The largest absolute Gasteiger partial charge is 0.493 e. The molecule has 5 heteroatoms. The summed E-state index contributed by atoms with van der Waals surface area (Å²) < 4.78 is 11.0. The summed E-state index contributed by atoms with van der Waals surface area (Å²) >= 11 is 0. The van der Waals surface area contributed by atoms with Crippen molar-refractivity contribution < 1.29 is 19.4 Å². The van der Waals surface area contributed by atoms with E-state index in [0.717, 1.165) is 5.56 Å². The topological polar surface area (TPSA) is 67.8 Å². The van der Waals surface area contributed by atoms with Crippen LogP contribution in [0.4, 0.5) is 0 Å². The fourth-order valence-corrected chi connectivity index (χ4v) is 2.16. The summed E-state index contributed by atoms with van der Waals surface area (Å²) in [5.41, 5.74) is 0.961. The van der Waals surface area contributed by atoms with Gasteiger partial charge < -0.3 is 19.9 Å². The van der Waals surface area contributed by atoms with Gasteiger partial charge in [-0.25, -0.2) is 0 Å². The van der Waals surface area contributed by atoms with E-state index < -0.39 is 12.0 Å². The molecule has 0 spiro atoms. The van der Waals surface area contributed by atoms with Crippen molar-refractivity contribution in [3.8, 4) is 11.5 Å². The molecular weight excluding hydrogens is 282 g/mol. The molecule has 1 aromatic carbocycles. The summed E-state index contributed by atoms with van der Waals surface area (Å²) in [6.45, 7) is 8.41. The maximum absolute atomic E-state index is 11.2. The van der Waals surface area contributed by atoms with Crippen LogP contribution in [0, 0.1) is 5.92 Å². The molecule has 0 bridgehead atoms. The third-order valence-corrected chi connectivity index (χ3v) is 3.15. The van der Waals surface area contributed by atoms with Crippen LogP contribution in [0.2, 0.25) is 0 Å². The normalized spacial score (nSPS) is 12.5. The van der Waals surface area contributed by atoms with Gasteiger partial charge in [-0.05, 0) is 43.9 Å².